The van der Waals surface area contributed by atoms with Crippen LogP contribution in [-0.4, -0.2) is 30.3 Å². The molecule has 88 valence electrons. The second-order valence-corrected chi connectivity index (χ2v) is 4.69. The number of hydrogen-bond acceptors (Lipinski definition) is 5. The van der Waals surface area contributed by atoms with Gasteiger partial charge in [0.15, 0.2) is 11.4 Å². The molecular formula is C9H9N5O2S. The molecule has 0 N–H and O–H groups in total. The fraction of sp³-hybridized carbons (Fsp3) is 0.444. The molecule has 2 heterocycles. The van der Waals surface area contributed by atoms with Gasteiger partial charge in [-0.15, -0.1) is 0 Å². The fourth-order valence-corrected chi connectivity index (χ4v) is 2.45. The van der Waals surface area contributed by atoms with E-state index in [1.807, 2.05) is 0 Å². The molecule has 1 fully saturated rings. The van der Waals surface area contributed by atoms with Gasteiger partial charge < -0.3 is 0 Å². The molecule has 1 unspecified atom stereocenters. The lowest BCUT2D eigenvalue weighted by Crippen LogP contribution is -2.24. The van der Waals surface area contributed by atoms with E-state index in [2.05, 4.69) is 15.0 Å². The maximum Gasteiger partial charge on any atom is 0.229 e. The summed E-state index contributed by atoms with van der Waals surface area (Å²) in [6, 6.07) is 0. The zero-order chi connectivity index (χ0) is 12.3. The van der Waals surface area contributed by atoms with E-state index in [9.17, 15) is 9.59 Å². The molecule has 7 nitrogen and oxygen atoms in total. The van der Waals surface area contributed by atoms with Crippen molar-refractivity contribution in [3.63, 3.8) is 0 Å². The summed E-state index contributed by atoms with van der Waals surface area (Å²) >= 11 is 1.18. The van der Waals surface area contributed by atoms with Crippen molar-refractivity contribution in [2.75, 3.05) is 18.0 Å². The Bertz CT molecular complexity index is 493. The molecule has 1 aromatic heterocycles. The number of amides is 1. The Morgan fingerprint density at radius 1 is 1.76 bits per heavy atom. The molecule has 8 heteroatoms. The number of nitrogens with zero attached hydrogens (tertiary/aromatic N) is 5. The van der Waals surface area contributed by atoms with Crippen LogP contribution in [0.3, 0.4) is 0 Å². The minimum absolute atomic E-state index is 0.0296. The predicted octanol–water partition coefficient (Wildman–Crippen LogP) is 1.62. The summed E-state index contributed by atoms with van der Waals surface area (Å²) in [7, 11) is 0. The lowest BCUT2D eigenvalue weighted by atomic mass is 10.1. The summed E-state index contributed by atoms with van der Waals surface area (Å²) in [5.41, 5.74) is 8.22. The van der Waals surface area contributed by atoms with Crippen molar-refractivity contribution < 1.29 is 9.59 Å². The van der Waals surface area contributed by atoms with E-state index in [1.165, 1.54) is 22.4 Å². The van der Waals surface area contributed by atoms with E-state index in [0.717, 1.165) is 0 Å². The van der Waals surface area contributed by atoms with Crippen LogP contribution in [0.4, 0.5) is 5.13 Å². The lowest BCUT2D eigenvalue weighted by Gasteiger charge is -2.11. The molecule has 1 aliphatic heterocycles. The third kappa shape index (κ3) is 2.43. The molecule has 1 saturated heterocycles. The third-order valence-electron chi connectivity index (χ3n) is 2.47. The van der Waals surface area contributed by atoms with Crippen molar-refractivity contribution in [2.45, 2.75) is 6.42 Å². The summed E-state index contributed by atoms with van der Waals surface area (Å²) in [6.07, 6.45) is 2.51. The Hall–Kier alpha value is -1.92. The van der Waals surface area contributed by atoms with E-state index >= 15 is 0 Å². The first kappa shape index (κ1) is 11.6. The zero-order valence-electron chi connectivity index (χ0n) is 8.81. The standard InChI is InChI=1S/C9H9N5O2S/c10-13-12-2-6-1-8(16)14(4-6)9-11-3-7(5-15)17-9/h3,5-6H,1-2,4H2. The van der Waals surface area contributed by atoms with Gasteiger partial charge in [0.05, 0.1) is 11.1 Å². The first-order valence-electron chi connectivity index (χ1n) is 4.97. The molecule has 1 aliphatic rings. The maximum absolute atomic E-state index is 11.7. The van der Waals surface area contributed by atoms with Gasteiger partial charge in [-0.3, -0.25) is 14.5 Å². The van der Waals surface area contributed by atoms with Gasteiger partial charge in [-0.05, 0) is 11.4 Å². The van der Waals surface area contributed by atoms with Gasteiger partial charge in [0.1, 0.15) is 0 Å². The Morgan fingerprint density at radius 3 is 3.24 bits per heavy atom. The fourth-order valence-electron chi connectivity index (χ4n) is 1.70. The molecule has 2 rings (SSSR count). The zero-order valence-corrected chi connectivity index (χ0v) is 9.63. The van der Waals surface area contributed by atoms with Gasteiger partial charge in [0.2, 0.25) is 5.91 Å². The summed E-state index contributed by atoms with van der Waals surface area (Å²) in [6.45, 7) is 0.800. The highest BCUT2D eigenvalue weighted by Crippen LogP contribution is 2.28. The summed E-state index contributed by atoms with van der Waals surface area (Å²) in [4.78, 5) is 31.0. The normalized spacial score (nSPS) is 19.2. The number of thiazole rings is 1. The first-order chi connectivity index (χ1) is 8.24. The molecule has 1 aromatic rings. The summed E-state index contributed by atoms with van der Waals surface area (Å²) < 4.78 is 0. The smallest absolute Gasteiger partial charge is 0.229 e. The maximum atomic E-state index is 11.7. The number of hydrogen-bond donors (Lipinski definition) is 0. The van der Waals surface area contributed by atoms with E-state index < -0.39 is 0 Å². The Balaban J connectivity index is 2.09. The van der Waals surface area contributed by atoms with Crippen LogP contribution in [0, 0.1) is 5.92 Å². The summed E-state index contributed by atoms with van der Waals surface area (Å²) in [5, 5.41) is 3.99. The van der Waals surface area contributed by atoms with Crippen molar-refractivity contribution >= 4 is 28.7 Å². The van der Waals surface area contributed by atoms with Crippen LogP contribution in [0.25, 0.3) is 10.4 Å². The largest absolute Gasteiger partial charge is 0.297 e. The Morgan fingerprint density at radius 2 is 2.59 bits per heavy atom. The molecule has 1 amide bonds. The van der Waals surface area contributed by atoms with Crippen LogP contribution in [0.1, 0.15) is 16.1 Å². The quantitative estimate of drug-likeness (QED) is 0.352. The lowest BCUT2D eigenvalue weighted by molar-refractivity contribution is -0.117. The highest BCUT2D eigenvalue weighted by molar-refractivity contribution is 7.17. The van der Waals surface area contributed by atoms with Crippen LogP contribution < -0.4 is 4.90 Å². The second-order valence-electron chi connectivity index (χ2n) is 3.65. The van der Waals surface area contributed by atoms with Crippen LogP contribution in [0.5, 0.6) is 0 Å². The van der Waals surface area contributed by atoms with Gasteiger partial charge in [-0.1, -0.05) is 16.5 Å². The van der Waals surface area contributed by atoms with Crippen molar-refractivity contribution in [3.05, 3.63) is 21.5 Å². The average Bonchev–Trinajstić information content (AvgIpc) is 2.92. The van der Waals surface area contributed by atoms with Gasteiger partial charge in [0.25, 0.3) is 0 Å². The summed E-state index contributed by atoms with van der Waals surface area (Å²) in [5.74, 6) is -0.0167. The van der Waals surface area contributed by atoms with E-state index in [-0.39, 0.29) is 11.8 Å². The number of carbonyl (C=O) groups is 2. The average molecular weight is 251 g/mol. The van der Waals surface area contributed by atoms with Gasteiger partial charge in [-0.2, -0.15) is 0 Å². The molecule has 0 aliphatic carbocycles. The van der Waals surface area contributed by atoms with Crippen molar-refractivity contribution in [1.82, 2.24) is 4.98 Å². The predicted molar refractivity (Wildman–Crippen MR) is 62.0 cm³/mol. The Kier molecular flexibility index (Phi) is 3.36. The molecule has 0 radical (unpaired) electrons. The van der Waals surface area contributed by atoms with E-state index in [0.29, 0.717) is 35.8 Å². The third-order valence-corrected chi connectivity index (χ3v) is 3.41. The van der Waals surface area contributed by atoms with E-state index in [1.54, 1.807) is 0 Å². The van der Waals surface area contributed by atoms with E-state index in [4.69, 9.17) is 5.53 Å². The van der Waals surface area contributed by atoms with Crippen molar-refractivity contribution in [2.24, 2.45) is 11.0 Å². The molecule has 0 spiro atoms. The van der Waals surface area contributed by atoms with Gasteiger partial charge in [0, 0.05) is 24.4 Å². The van der Waals surface area contributed by atoms with Gasteiger partial charge in [-0.25, -0.2) is 4.98 Å². The number of azide groups is 1. The Labute approximate surface area is 101 Å². The van der Waals surface area contributed by atoms with Crippen molar-refractivity contribution in [3.8, 4) is 0 Å². The molecule has 0 bridgehead atoms. The van der Waals surface area contributed by atoms with Crippen LogP contribution in [0.15, 0.2) is 11.3 Å². The van der Waals surface area contributed by atoms with Gasteiger partial charge >= 0.3 is 0 Å². The SMILES string of the molecule is [N-]=[N+]=NCC1CC(=O)N(c2ncc(C=O)s2)C1. The minimum Gasteiger partial charge on any atom is -0.297 e. The molecule has 17 heavy (non-hydrogen) atoms. The van der Waals surface area contributed by atoms with Crippen LogP contribution >= 0.6 is 11.3 Å². The number of anilines is 1. The topological polar surface area (TPSA) is 99.0 Å². The number of aldehydes is 1. The second kappa shape index (κ2) is 4.94. The highest BCUT2D eigenvalue weighted by Gasteiger charge is 2.31. The highest BCUT2D eigenvalue weighted by atomic mass is 32.1. The van der Waals surface area contributed by atoms with Crippen LogP contribution in [-0.2, 0) is 4.79 Å². The molecule has 0 saturated carbocycles. The first-order valence-corrected chi connectivity index (χ1v) is 5.78. The van der Waals surface area contributed by atoms with Crippen LogP contribution in [0.2, 0.25) is 0 Å². The minimum atomic E-state index is -0.0464. The number of rotatable bonds is 4. The molecule has 1 atom stereocenters. The van der Waals surface area contributed by atoms with Crippen molar-refractivity contribution in [1.29, 1.82) is 0 Å². The monoisotopic (exact) mass is 251 g/mol. The number of aromatic nitrogens is 1. The molecular weight excluding hydrogens is 242 g/mol. The molecule has 0 aromatic carbocycles. The number of carbonyl (C=O) groups excluding carboxylic acids is 2.